The molecule has 4 heteroatoms. The molecule has 1 atom stereocenters. The first-order chi connectivity index (χ1) is 8.63. The Labute approximate surface area is 108 Å². The standard InChI is InChI=1S/C14H21NO3/c1-11-6-3-4-8-13(11)18-10-14(17)15-12(2)7-5-9-16/h3-4,6,8,12,16H,5,7,9-10H2,1-2H3,(H,15,17). The van der Waals surface area contributed by atoms with Gasteiger partial charge in [-0.25, -0.2) is 0 Å². The summed E-state index contributed by atoms with van der Waals surface area (Å²) in [5.41, 5.74) is 1.01. The second-order valence-electron chi connectivity index (χ2n) is 4.39. The Morgan fingerprint density at radius 1 is 1.44 bits per heavy atom. The van der Waals surface area contributed by atoms with E-state index in [4.69, 9.17) is 9.84 Å². The van der Waals surface area contributed by atoms with Gasteiger partial charge in [0, 0.05) is 12.6 Å². The summed E-state index contributed by atoms with van der Waals surface area (Å²) in [4.78, 5) is 11.6. The Kier molecular flexibility index (Phi) is 6.22. The molecule has 0 fully saturated rings. The van der Waals surface area contributed by atoms with E-state index in [9.17, 15) is 4.79 Å². The molecule has 1 amide bonds. The molecule has 2 N–H and O–H groups in total. The van der Waals surface area contributed by atoms with Crippen LogP contribution < -0.4 is 10.1 Å². The number of nitrogens with one attached hydrogen (secondary N) is 1. The fraction of sp³-hybridized carbons (Fsp3) is 0.500. The maximum Gasteiger partial charge on any atom is 0.258 e. The number of aliphatic hydroxyl groups is 1. The number of para-hydroxylation sites is 1. The topological polar surface area (TPSA) is 58.6 Å². The van der Waals surface area contributed by atoms with Crippen LogP contribution >= 0.6 is 0 Å². The number of hydrogen-bond donors (Lipinski definition) is 2. The Balaban J connectivity index is 2.31. The highest BCUT2D eigenvalue weighted by Crippen LogP contribution is 2.15. The van der Waals surface area contributed by atoms with Gasteiger partial charge in [-0.3, -0.25) is 4.79 Å². The number of carbonyl (C=O) groups excluding carboxylic acids is 1. The van der Waals surface area contributed by atoms with Crippen LogP contribution in [0.3, 0.4) is 0 Å². The highest BCUT2D eigenvalue weighted by atomic mass is 16.5. The van der Waals surface area contributed by atoms with Crippen molar-refractivity contribution in [3.05, 3.63) is 29.8 Å². The SMILES string of the molecule is Cc1ccccc1OCC(=O)NC(C)CCCO. The molecule has 0 aliphatic carbocycles. The summed E-state index contributed by atoms with van der Waals surface area (Å²) >= 11 is 0. The fourth-order valence-electron chi connectivity index (χ4n) is 1.65. The Morgan fingerprint density at radius 3 is 2.83 bits per heavy atom. The van der Waals surface area contributed by atoms with Crippen molar-refractivity contribution in [2.24, 2.45) is 0 Å². The lowest BCUT2D eigenvalue weighted by Crippen LogP contribution is -2.36. The van der Waals surface area contributed by atoms with Crippen LogP contribution in [0.15, 0.2) is 24.3 Å². The molecule has 0 aliphatic heterocycles. The normalized spacial score (nSPS) is 11.9. The monoisotopic (exact) mass is 251 g/mol. The smallest absolute Gasteiger partial charge is 0.258 e. The van der Waals surface area contributed by atoms with Crippen molar-refractivity contribution < 1.29 is 14.6 Å². The van der Waals surface area contributed by atoms with Crippen molar-refractivity contribution in [2.75, 3.05) is 13.2 Å². The maximum absolute atomic E-state index is 11.6. The fourth-order valence-corrected chi connectivity index (χ4v) is 1.65. The molecule has 0 aromatic heterocycles. The van der Waals surface area contributed by atoms with Crippen molar-refractivity contribution in [1.82, 2.24) is 5.32 Å². The average molecular weight is 251 g/mol. The molecule has 0 bridgehead atoms. The van der Waals surface area contributed by atoms with E-state index >= 15 is 0 Å². The molecule has 1 aromatic carbocycles. The number of carbonyl (C=O) groups is 1. The van der Waals surface area contributed by atoms with Crippen LogP contribution in [0.1, 0.15) is 25.3 Å². The second kappa shape index (κ2) is 7.71. The van der Waals surface area contributed by atoms with Gasteiger partial charge < -0.3 is 15.2 Å². The molecule has 0 spiro atoms. The van der Waals surface area contributed by atoms with E-state index in [2.05, 4.69) is 5.32 Å². The number of hydrogen-bond acceptors (Lipinski definition) is 3. The van der Waals surface area contributed by atoms with E-state index < -0.39 is 0 Å². The highest BCUT2D eigenvalue weighted by molar-refractivity contribution is 5.77. The van der Waals surface area contributed by atoms with Crippen LogP contribution in [-0.2, 0) is 4.79 Å². The zero-order valence-corrected chi connectivity index (χ0v) is 11.0. The molecule has 0 aliphatic rings. The van der Waals surface area contributed by atoms with Gasteiger partial charge in [0.15, 0.2) is 6.61 Å². The molecule has 0 saturated heterocycles. The summed E-state index contributed by atoms with van der Waals surface area (Å²) in [5.74, 6) is 0.597. The predicted molar refractivity (Wildman–Crippen MR) is 70.6 cm³/mol. The Morgan fingerprint density at radius 2 is 2.17 bits per heavy atom. The number of rotatable bonds is 7. The van der Waals surface area contributed by atoms with Gasteiger partial charge in [0.1, 0.15) is 5.75 Å². The molecular formula is C14H21NO3. The number of aliphatic hydroxyl groups excluding tert-OH is 1. The van der Waals surface area contributed by atoms with Crippen molar-refractivity contribution in [1.29, 1.82) is 0 Å². The van der Waals surface area contributed by atoms with Gasteiger partial charge in [-0.1, -0.05) is 18.2 Å². The third-order valence-electron chi connectivity index (χ3n) is 2.65. The minimum atomic E-state index is -0.135. The first-order valence-corrected chi connectivity index (χ1v) is 6.22. The minimum absolute atomic E-state index is 0.0221. The summed E-state index contributed by atoms with van der Waals surface area (Å²) in [6.45, 7) is 4.03. The van der Waals surface area contributed by atoms with Gasteiger partial charge in [-0.05, 0) is 38.3 Å². The third kappa shape index (κ3) is 5.19. The summed E-state index contributed by atoms with van der Waals surface area (Å²) in [6.07, 6.45) is 1.46. The predicted octanol–water partition coefficient (Wildman–Crippen LogP) is 1.65. The van der Waals surface area contributed by atoms with Gasteiger partial charge in [0.05, 0.1) is 0 Å². The third-order valence-corrected chi connectivity index (χ3v) is 2.65. The number of benzene rings is 1. The van der Waals surface area contributed by atoms with E-state index in [0.717, 1.165) is 17.7 Å². The first-order valence-electron chi connectivity index (χ1n) is 6.22. The number of ether oxygens (including phenoxy) is 1. The second-order valence-corrected chi connectivity index (χ2v) is 4.39. The van der Waals surface area contributed by atoms with Crippen LogP contribution in [0.4, 0.5) is 0 Å². The Bertz CT molecular complexity index is 379. The molecule has 0 radical (unpaired) electrons. The molecule has 18 heavy (non-hydrogen) atoms. The van der Waals surface area contributed by atoms with Crippen molar-refractivity contribution >= 4 is 5.91 Å². The lowest BCUT2D eigenvalue weighted by atomic mass is 10.2. The van der Waals surface area contributed by atoms with Gasteiger partial charge in [-0.15, -0.1) is 0 Å². The average Bonchev–Trinajstić information content (AvgIpc) is 2.35. The molecule has 1 unspecified atom stereocenters. The number of amides is 1. The van der Waals surface area contributed by atoms with Crippen LogP contribution in [0.2, 0.25) is 0 Å². The summed E-state index contributed by atoms with van der Waals surface area (Å²) in [7, 11) is 0. The Hall–Kier alpha value is -1.55. The van der Waals surface area contributed by atoms with E-state index in [-0.39, 0.29) is 25.2 Å². The zero-order valence-electron chi connectivity index (χ0n) is 11.0. The number of aryl methyl sites for hydroxylation is 1. The van der Waals surface area contributed by atoms with Gasteiger partial charge >= 0.3 is 0 Å². The van der Waals surface area contributed by atoms with E-state index in [1.165, 1.54) is 0 Å². The van der Waals surface area contributed by atoms with Crippen molar-refractivity contribution in [3.63, 3.8) is 0 Å². The summed E-state index contributed by atoms with van der Waals surface area (Å²) < 4.78 is 5.44. The lowest BCUT2D eigenvalue weighted by molar-refractivity contribution is -0.123. The van der Waals surface area contributed by atoms with Crippen LogP contribution in [0.25, 0.3) is 0 Å². The molecule has 0 heterocycles. The highest BCUT2D eigenvalue weighted by Gasteiger charge is 2.08. The van der Waals surface area contributed by atoms with Crippen molar-refractivity contribution in [2.45, 2.75) is 32.7 Å². The summed E-state index contributed by atoms with van der Waals surface area (Å²) in [6, 6.07) is 7.66. The van der Waals surface area contributed by atoms with Crippen molar-refractivity contribution in [3.8, 4) is 5.75 Å². The maximum atomic E-state index is 11.6. The van der Waals surface area contributed by atoms with E-state index in [1.807, 2.05) is 38.1 Å². The molecule has 4 nitrogen and oxygen atoms in total. The van der Waals surface area contributed by atoms with E-state index in [1.54, 1.807) is 0 Å². The quantitative estimate of drug-likeness (QED) is 0.774. The molecule has 0 saturated carbocycles. The first kappa shape index (κ1) is 14.5. The van der Waals surface area contributed by atoms with Gasteiger partial charge in [-0.2, -0.15) is 0 Å². The summed E-state index contributed by atoms with van der Waals surface area (Å²) in [5, 5.41) is 11.5. The molecule has 1 aromatic rings. The van der Waals surface area contributed by atoms with Crippen LogP contribution in [0.5, 0.6) is 5.75 Å². The molecule has 100 valence electrons. The molecule has 1 rings (SSSR count). The van der Waals surface area contributed by atoms with Crippen LogP contribution in [0, 0.1) is 6.92 Å². The van der Waals surface area contributed by atoms with E-state index in [0.29, 0.717) is 6.42 Å². The largest absolute Gasteiger partial charge is 0.484 e. The van der Waals surface area contributed by atoms with Crippen LogP contribution in [-0.4, -0.2) is 30.3 Å². The molecular weight excluding hydrogens is 230 g/mol. The van der Waals surface area contributed by atoms with Gasteiger partial charge in [0.2, 0.25) is 0 Å². The van der Waals surface area contributed by atoms with Gasteiger partial charge in [0.25, 0.3) is 5.91 Å². The zero-order chi connectivity index (χ0) is 13.4. The minimum Gasteiger partial charge on any atom is -0.484 e. The lowest BCUT2D eigenvalue weighted by Gasteiger charge is -2.14.